The van der Waals surface area contributed by atoms with Gasteiger partial charge in [-0.15, -0.1) is 0 Å². The predicted octanol–water partition coefficient (Wildman–Crippen LogP) is 3.80. The zero-order valence-corrected chi connectivity index (χ0v) is 17.3. The molecule has 0 bridgehead atoms. The van der Waals surface area contributed by atoms with Crippen LogP contribution in [0.5, 0.6) is 0 Å². The topological polar surface area (TPSA) is 71.1 Å². The normalized spacial score (nSPS) is 11.7. The van der Waals surface area contributed by atoms with Gasteiger partial charge in [-0.1, -0.05) is 57.2 Å². The van der Waals surface area contributed by atoms with Crippen LogP contribution in [0, 0.1) is 0 Å². The van der Waals surface area contributed by atoms with Crippen LogP contribution in [0.15, 0.2) is 35.2 Å². The van der Waals surface area contributed by atoms with Gasteiger partial charge in [0.1, 0.15) is 0 Å². The molecule has 7 heteroatoms. The average molecular weight is 403 g/mol. The molecule has 0 spiro atoms. The summed E-state index contributed by atoms with van der Waals surface area (Å²) in [4.78, 5) is 0.147. The van der Waals surface area contributed by atoms with Crippen LogP contribution in [0.4, 0.5) is 0 Å². The van der Waals surface area contributed by atoms with Gasteiger partial charge in [-0.3, -0.25) is 4.18 Å². The summed E-state index contributed by atoms with van der Waals surface area (Å²) in [6.07, 6.45) is 7.56. The molecule has 0 fully saturated rings. The van der Waals surface area contributed by atoms with Crippen molar-refractivity contribution >= 4 is 10.1 Å². The van der Waals surface area contributed by atoms with Crippen molar-refractivity contribution in [2.45, 2.75) is 50.3 Å². The average Bonchev–Trinajstić information content (AvgIpc) is 2.68. The molecule has 0 aliphatic carbocycles. The summed E-state index contributed by atoms with van der Waals surface area (Å²) < 4.78 is 44.9. The van der Waals surface area contributed by atoms with Crippen molar-refractivity contribution in [1.82, 2.24) is 0 Å². The van der Waals surface area contributed by atoms with E-state index >= 15 is 0 Å². The van der Waals surface area contributed by atoms with E-state index in [1.807, 2.05) is 0 Å². The van der Waals surface area contributed by atoms with E-state index < -0.39 is 10.1 Å². The van der Waals surface area contributed by atoms with E-state index in [0.717, 1.165) is 13.0 Å². The molecule has 1 aromatic rings. The Balaban J connectivity index is 1.84. The highest BCUT2D eigenvalue weighted by Gasteiger charge is 2.13. The Kier molecular flexibility index (Phi) is 14.3. The first-order chi connectivity index (χ1) is 13.2. The Morgan fingerprint density at radius 2 is 1.19 bits per heavy atom. The molecule has 0 N–H and O–H groups in total. The second kappa shape index (κ2) is 16.0. The second-order valence-electron chi connectivity index (χ2n) is 6.19. The fourth-order valence-corrected chi connectivity index (χ4v) is 3.30. The molecule has 0 amide bonds. The Hall–Kier alpha value is -0.990. The molecule has 1 rings (SSSR count). The van der Waals surface area contributed by atoms with Gasteiger partial charge in [0, 0.05) is 6.61 Å². The molecule has 0 saturated carbocycles. The maximum atomic E-state index is 11.9. The lowest BCUT2D eigenvalue weighted by molar-refractivity contribution is 0.00912. The van der Waals surface area contributed by atoms with E-state index in [2.05, 4.69) is 6.92 Å². The molecule has 0 atom stereocenters. The highest BCUT2D eigenvalue weighted by Crippen LogP contribution is 2.10. The predicted molar refractivity (Wildman–Crippen MR) is 105 cm³/mol. The van der Waals surface area contributed by atoms with Crippen molar-refractivity contribution < 1.29 is 26.8 Å². The van der Waals surface area contributed by atoms with E-state index in [0.29, 0.717) is 26.4 Å². The van der Waals surface area contributed by atoms with Crippen LogP contribution in [-0.2, 0) is 28.5 Å². The van der Waals surface area contributed by atoms with Gasteiger partial charge in [-0.05, 0) is 18.6 Å². The van der Waals surface area contributed by atoms with Crippen LogP contribution < -0.4 is 0 Å². The number of ether oxygens (including phenoxy) is 3. The number of rotatable bonds is 18. The SMILES string of the molecule is CCCCCCCCOCCOCCOCCOS(=O)(=O)c1ccccc1. The van der Waals surface area contributed by atoms with Gasteiger partial charge in [0.25, 0.3) is 10.1 Å². The quantitative estimate of drug-likeness (QED) is 0.275. The lowest BCUT2D eigenvalue weighted by atomic mass is 10.1. The van der Waals surface area contributed by atoms with Gasteiger partial charge in [-0.2, -0.15) is 8.42 Å². The van der Waals surface area contributed by atoms with E-state index in [1.54, 1.807) is 18.2 Å². The number of hydrogen-bond donors (Lipinski definition) is 0. The number of hydrogen-bond acceptors (Lipinski definition) is 6. The van der Waals surface area contributed by atoms with Crippen LogP contribution in [0.2, 0.25) is 0 Å². The minimum Gasteiger partial charge on any atom is -0.379 e. The zero-order valence-electron chi connectivity index (χ0n) is 16.4. The third-order valence-electron chi connectivity index (χ3n) is 3.88. The van der Waals surface area contributed by atoms with Gasteiger partial charge in [0.15, 0.2) is 0 Å². The van der Waals surface area contributed by atoms with Gasteiger partial charge >= 0.3 is 0 Å². The largest absolute Gasteiger partial charge is 0.379 e. The minimum absolute atomic E-state index is 0.0153. The summed E-state index contributed by atoms with van der Waals surface area (Å²) >= 11 is 0. The molecule has 156 valence electrons. The molecule has 1 aromatic carbocycles. The summed E-state index contributed by atoms with van der Waals surface area (Å²) in [5.74, 6) is 0. The minimum atomic E-state index is -3.71. The van der Waals surface area contributed by atoms with E-state index in [-0.39, 0.29) is 18.1 Å². The summed E-state index contributed by atoms with van der Waals surface area (Å²) in [6, 6.07) is 8.06. The lowest BCUT2D eigenvalue weighted by Gasteiger charge is -2.08. The third-order valence-corrected chi connectivity index (χ3v) is 5.21. The molecule has 0 saturated heterocycles. The second-order valence-corrected chi connectivity index (χ2v) is 7.81. The van der Waals surface area contributed by atoms with Crippen LogP contribution in [-0.4, -0.2) is 54.7 Å². The summed E-state index contributed by atoms with van der Waals surface area (Å²) in [7, 11) is -3.71. The fraction of sp³-hybridized carbons (Fsp3) is 0.700. The summed E-state index contributed by atoms with van der Waals surface area (Å²) in [6.45, 7) is 5.17. The molecule has 0 radical (unpaired) electrons. The highest BCUT2D eigenvalue weighted by molar-refractivity contribution is 7.86. The highest BCUT2D eigenvalue weighted by atomic mass is 32.2. The monoisotopic (exact) mass is 402 g/mol. The first-order valence-electron chi connectivity index (χ1n) is 9.84. The van der Waals surface area contributed by atoms with Gasteiger partial charge in [0.05, 0.1) is 44.5 Å². The Morgan fingerprint density at radius 3 is 1.81 bits per heavy atom. The summed E-state index contributed by atoms with van der Waals surface area (Å²) in [5.41, 5.74) is 0. The van der Waals surface area contributed by atoms with E-state index in [9.17, 15) is 8.42 Å². The molecule has 27 heavy (non-hydrogen) atoms. The number of unbranched alkanes of at least 4 members (excludes halogenated alkanes) is 5. The number of benzene rings is 1. The first-order valence-corrected chi connectivity index (χ1v) is 11.3. The lowest BCUT2D eigenvalue weighted by Crippen LogP contribution is -2.14. The molecule has 0 heterocycles. The third kappa shape index (κ3) is 12.9. The van der Waals surface area contributed by atoms with Crippen molar-refractivity contribution in [3.8, 4) is 0 Å². The Labute approximate surface area is 164 Å². The molecule has 0 aliphatic rings. The maximum Gasteiger partial charge on any atom is 0.297 e. The Bertz CT molecular complexity index is 547. The van der Waals surface area contributed by atoms with Crippen molar-refractivity contribution in [2.24, 2.45) is 0 Å². The van der Waals surface area contributed by atoms with Crippen LogP contribution in [0.1, 0.15) is 45.4 Å². The fourth-order valence-electron chi connectivity index (χ4n) is 2.38. The molecule has 0 aliphatic heterocycles. The maximum absolute atomic E-state index is 11.9. The first kappa shape index (κ1) is 24.0. The van der Waals surface area contributed by atoms with Crippen molar-refractivity contribution in [3.05, 3.63) is 30.3 Å². The molecule has 6 nitrogen and oxygen atoms in total. The Morgan fingerprint density at radius 1 is 0.667 bits per heavy atom. The van der Waals surface area contributed by atoms with Crippen LogP contribution >= 0.6 is 0 Å². The van der Waals surface area contributed by atoms with Gasteiger partial charge in [0.2, 0.25) is 0 Å². The standard InChI is InChI=1S/C20H34O6S/c1-2-3-4-5-6-10-13-23-14-15-24-16-17-25-18-19-26-27(21,22)20-11-8-7-9-12-20/h7-9,11-12H,2-6,10,13-19H2,1H3. The van der Waals surface area contributed by atoms with Crippen molar-refractivity contribution in [3.63, 3.8) is 0 Å². The van der Waals surface area contributed by atoms with E-state index in [4.69, 9.17) is 18.4 Å². The molecular weight excluding hydrogens is 368 g/mol. The molecular formula is C20H34O6S. The van der Waals surface area contributed by atoms with E-state index in [1.165, 1.54) is 44.2 Å². The van der Waals surface area contributed by atoms with Gasteiger partial charge < -0.3 is 14.2 Å². The smallest absolute Gasteiger partial charge is 0.297 e. The van der Waals surface area contributed by atoms with Gasteiger partial charge in [-0.25, -0.2) is 0 Å². The zero-order chi connectivity index (χ0) is 19.6. The van der Waals surface area contributed by atoms with Crippen LogP contribution in [0.25, 0.3) is 0 Å². The molecule has 0 unspecified atom stereocenters. The van der Waals surface area contributed by atoms with Crippen molar-refractivity contribution in [1.29, 1.82) is 0 Å². The molecule has 0 aromatic heterocycles. The van der Waals surface area contributed by atoms with Crippen molar-refractivity contribution in [2.75, 3.05) is 46.2 Å². The summed E-state index contributed by atoms with van der Waals surface area (Å²) in [5, 5.41) is 0. The van der Waals surface area contributed by atoms with Crippen LogP contribution in [0.3, 0.4) is 0 Å².